The highest BCUT2D eigenvalue weighted by Crippen LogP contribution is 2.73. The average Bonchev–Trinajstić information content (AvgIpc) is 3.35. The molecule has 0 radical (unpaired) electrons. The average molecular weight is 545 g/mol. The molecule has 5 aliphatic rings. The van der Waals surface area contributed by atoms with Crippen molar-refractivity contribution < 1.29 is 9.90 Å². The molecule has 0 saturated heterocycles. The van der Waals surface area contributed by atoms with Crippen molar-refractivity contribution in [1.29, 1.82) is 0 Å². The number of benzene rings is 1. The summed E-state index contributed by atoms with van der Waals surface area (Å²) in [6, 6.07) is 9.39. The third kappa shape index (κ3) is 4.37. The summed E-state index contributed by atoms with van der Waals surface area (Å²) in [5.74, 6) is 2.76. The summed E-state index contributed by atoms with van der Waals surface area (Å²) in [7, 11) is 0. The number of aliphatic carboxylic acids is 1. The van der Waals surface area contributed by atoms with Gasteiger partial charge in [-0.1, -0.05) is 83.9 Å². The number of hydrogen-bond donors (Lipinski definition) is 1. The number of carboxylic acids is 1. The second kappa shape index (κ2) is 10.8. The fraction of sp³-hybridized carbons (Fsp3) is 0.711. The van der Waals surface area contributed by atoms with E-state index in [9.17, 15) is 9.90 Å². The smallest absolute Gasteiger partial charge is 0.309 e. The first-order valence-corrected chi connectivity index (χ1v) is 16.6. The molecule has 8 unspecified atom stereocenters. The van der Waals surface area contributed by atoms with Crippen molar-refractivity contribution in [1.82, 2.24) is 0 Å². The molecule has 4 fully saturated rings. The fourth-order valence-corrected chi connectivity index (χ4v) is 11.9. The van der Waals surface area contributed by atoms with Gasteiger partial charge < -0.3 is 5.11 Å². The van der Waals surface area contributed by atoms with Crippen LogP contribution in [0.2, 0.25) is 0 Å². The van der Waals surface area contributed by atoms with Gasteiger partial charge in [0, 0.05) is 0 Å². The van der Waals surface area contributed by atoms with Gasteiger partial charge in [-0.2, -0.15) is 0 Å². The molecule has 1 aromatic rings. The van der Waals surface area contributed by atoms with E-state index in [2.05, 4.69) is 71.5 Å². The van der Waals surface area contributed by atoms with E-state index in [1.165, 1.54) is 49.7 Å². The van der Waals surface area contributed by atoms with E-state index >= 15 is 0 Å². The molecule has 40 heavy (non-hydrogen) atoms. The van der Waals surface area contributed by atoms with E-state index in [1.54, 1.807) is 11.6 Å². The van der Waals surface area contributed by atoms with Gasteiger partial charge in [0.1, 0.15) is 0 Å². The van der Waals surface area contributed by atoms with E-state index in [1.807, 2.05) is 6.92 Å². The molecule has 0 spiro atoms. The molecule has 8 atom stereocenters. The van der Waals surface area contributed by atoms with Gasteiger partial charge in [0.05, 0.1) is 5.41 Å². The first-order valence-electron chi connectivity index (χ1n) is 16.6. The van der Waals surface area contributed by atoms with Gasteiger partial charge in [-0.15, -0.1) is 6.58 Å². The van der Waals surface area contributed by atoms with Crippen LogP contribution in [0.3, 0.4) is 0 Å². The van der Waals surface area contributed by atoms with Crippen LogP contribution in [0, 0.1) is 51.2 Å². The highest BCUT2D eigenvalue weighted by atomic mass is 16.4. The van der Waals surface area contributed by atoms with Crippen molar-refractivity contribution in [2.45, 2.75) is 119 Å². The van der Waals surface area contributed by atoms with Crippen LogP contribution < -0.4 is 0 Å². The Bertz CT molecular complexity index is 1140. The normalized spacial score (nSPS) is 41.1. The lowest BCUT2D eigenvalue weighted by molar-refractivity contribution is -0.187. The Hall–Kier alpha value is -1.83. The minimum absolute atomic E-state index is 0.173. The molecule has 0 aromatic heterocycles. The third-order valence-corrected chi connectivity index (χ3v) is 13.3. The molecule has 0 heterocycles. The van der Waals surface area contributed by atoms with Gasteiger partial charge in [-0.3, -0.25) is 4.79 Å². The number of allylic oxidation sites excluding steroid dienone is 3. The van der Waals surface area contributed by atoms with Crippen LogP contribution in [-0.4, -0.2) is 11.1 Å². The lowest BCUT2D eigenvalue weighted by atomic mass is 9.36. The number of carboxylic acid groups (broad SMARTS) is 1. The minimum Gasteiger partial charge on any atom is -0.481 e. The van der Waals surface area contributed by atoms with Crippen LogP contribution in [0.15, 0.2) is 43.0 Å². The van der Waals surface area contributed by atoms with E-state index in [4.69, 9.17) is 0 Å². The van der Waals surface area contributed by atoms with Crippen LogP contribution in [0.1, 0.15) is 123 Å². The maximum absolute atomic E-state index is 12.5. The van der Waals surface area contributed by atoms with E-state index in [0.29, 0.717) is 28.6 Å². The topological polar surface area (TPSA) is 37.3 Å². The second-order valence-electron chi connectivity index (χ2n) is 15.4. The van der Waals surface area contributed by atoms with Gasteiger partial charge in [-0.25, -0.2) is 0 Å². The summed E-state index contributed by atoms with van der Waals surface area (Å²) >= 11 is 0. The number of fused-ring (bicyclic) bond motifs is 7. The summed E-state index contributed by atoms with van der Waals surface area (Å²) in [5, 5.41) is 10.3. The SMILES string of the molecule is C=CC.CCCc1cccc(C2=CCC3(C)C(CCC4(C)C5CCC6(C(=O)O)CCCC6C5CCC43)C2(C)C)c1. The quantitative estimate of drug-likeness (QED) is 0.383. The van der Waals surface area contributed by atoms with Crippen molar-refractivity contribution in [2.75, 3.05) is 0 Å². The predicted octanol–water partition coefficient (Wildman–Crippen LogP) is 10.4. The lowest BCUT2D eigenvalue weighted by Gasteiger charge is -2.68. The monoisotopic (exact) mass is 544 g/mol. The summed E-state index contributed by atoms with van der Waals surface area (Å²) < 4.78 is 0. The highest BCUT2D eigenvalue weighted by Gasteiger charge is 2.66. The predicted molar refractivity (Wildman–Crippen MR) is 168 cm³/mol. The van der Waals surface area contributed by atoms with Gasteiger partial charge in [0.2, 0.25) is 0 Å². The number of hydrogen-bond acceptors (Lipinski definition) is 1. The zero-order valence-corrected chi connectivity index (χ0v) is 26.4. The van der Waals surface area contributed by atoms with Crippen molar-refractivity contribution in [3.63, 3.8) is 0 Å². The Kier molecular flexibility index (Phi) is 7.99. The van der Waals surface area contributed by atoms with Gasteiger partial charge in [0.25, 0.3) is 0 Å². The minimum atomic E-state index is -0.480. The highest BCUT2D eigenvalue weighted by molar-refractivity contribution is 5.76. The number of rotatable bonds is 4. The van der Waals surface area contributed by atoms with E-state index in [0.717, 1.165) is 50.4 Å². The van der Waals surface area contributed by atoms with E-state index in [-0.39, 0.29) is 5.41 Å². The van der Waals surface area contributed by atoms with Crippen LogP contribution in [0.5, 0.6) is 0 Å². The molecule has 0 bridgehead atoms. The Morgan fingerprint density at radius 1 is 0.975 bits per heavy atom. The third-order valence-electron chi connectivity index (χ3n) is 13.3. The van der Waals surface area contributed by atoms with Gasteiger partial charge in [0.15, 0.2) is 0 Å². The molecule has 220 valence electrons. The Morgan fingerprint density at radius 2 is 1.73 bits per heavy atom. The summed E-state index contributed by atoms with van der Waals surface area (Å²) in [4.78, 5) is 12.5. The molecule has 2 nitrogen and oxygen atoms in total. The molecular formula is C38H56O2. The van der Waals surface area contributed by atoms with Crippen molar-refractivity contribution in [3.8, 4) is 0 Å². The largest absolute Gasteiger partial charge is 0.481 e. The molecule has 0 amide bonds. The second-order valence-corrected chi connectivity index (χ2v) is 15.4. The summed E-state index contributed by atoms with van der Waals surface area (Å²) in [6.45, 7) is 17.9. The molecule has 4 saturated carbocycles. The van der Waals surface area contributed by atoms with Gasteiger partial charge >= 0.3 is 5.97 Å². The number of aryl methyl sites for hydroxylation is 1. The molecule has 5 aliphatic carbocycles. The van der Waals surface area contributed by atoms with Crippen LogP contribution >= 0.6 is 0 Å². The van der Waals surface area contributed by atoms with E-state index < -0.39 is 11.4 Å². The van der Waals surface area contributed by atoms with Crippen LogP contribution in [-0.2, 0) is 11.2 Å². The van der Waals surface area contributed by atoms with Crippen LogP contribution in [0.25, 0.3) is 5.57 Å². The van der Waals surface area contributed by atoms with Gasteiger partial charge in [-0.05, 0) is 134 Å². The standard InChI is InChI=1S/C35H50O2.C3H6/c1-6-9-23-10-7-11-24(22-23)26-15-19-34(5)29(32(26,2)3)17-20-33(4)27-16-21-35(31(36)37)18-8-12-28(35)25(27)13-14-30(33)34;1-3-2/h7,10-11,15,22,25,27-30H,6,8-9,12-14,16-21H2,1-5H3,(H,36,37);3H,1H2,2H3. The Balaban J connectivity index is 0.00000103. The zero-order chi connectivity index (χ0) is 28.9. The molecule has 2 heteroatoms. The first kappa shape index (κ1) is 29.7. The maximum atomic E-state index is 12.5. The van der Waals surface area contributed by atoms with Crippen LogP contribution in [0.4, 0.5) is 0 Å². The molecule has 1 aromatic carbocycles. The maximum Gasteiger partial charge on any atom is 0.309 e. The number of carbonyl (C=O) groups is 1. The van der Waals surface area contributed by atoms with Crippen molar-refractivity contribution in [2.24, 2.45) is 51.2 Å². The summed E-state index contributed by atoms with van der Waals surface area (Å²) in [6.07, 6.45) is 18.5. The lowest BCUT2D eigenvalue weighted by Crippen LogP contribution is -2.61. The van der Waals surface area contributed by atoms with Crippen molar-refractivity contribution >= 4 is 11.5 Å². The molecular weight excluding hydrogens is 488 g/mol. The molecule has 0 aliphatic heterocycles. The fourth-order valence-electron chi connectivity index (χ4n) is 11.9. The Morgan fingerprint density at radius 3 is 2.42 bits per heavy atom. The molecule has 1 N–H and O–H groups in total. The molecule has 6 rings (SSSR count). The summed E-state index contributed by atoms with van der Waals surface area (Å²) in [5.41, 5.74) is 4.98. The van der Waals surface area contributed by atoms with Crippen molar-refractivity contribution in [3.05, 3.63) is 54.1 Å². The first-order chi connectivity index (χ1) is 19.0. The Labute approximate surface area is 245 Å². The zero-order valence-electron chi connectivity index (χ0n) is 26.4.